The summed E-state index contributed by atoms with van der Waals surface area (Å²) in [5.41, 5.74) is 5.11. The molecule has 0 saturated carbocycles. The van der Waals surface area contributed by atoms with Crippen LogP contribution in [0.15, 0.2) is 0 Å². The Balaban J connectivity index is 0. The number of carboxylic acids is 1. The molecule has 3 nitrogen and oxygen atoms in total. The van der Waals surface area contributed by atoms with Gasteiger partial charge < -0.3 is 10.8 Å². The zero-order valence-corrected chi connectivity index (χ0v) is 7.11. The van der Waals surface area contributed by atoms with E-state index in [0.29, 0.717) is 6.54 Å². The molecule has 0 rings (SSSR count). The first-order chi connectivity index (χ1) is 3.66. The maximum atomic E-state index is 9.88. The molecular formula is C4H9BrClNO2. The van der Waals surface area contributed by atoms with Gasteiger partial charge in [-0.2, -0.15) is 0 Å². The second kappa shape index (κ2) is 6.32. The first-order valence-corrected chi connectivity index (χ1v) is 3.14. The maximum Gasteiger partial charge on any atom is 0.304 e. The molecule has 5 heteroatoms. The van der Waals surface area contributed by atoms with E-state index >= 15 is 0 Å². The van der Waals surface area contributed by atoms with Crippen molar-refractivity contribution >= 4 is 34.3 Å². The molecule has 0 aliphatic carbocycles. The second-order valence-corrected chi connectivity index (χ2v) is 2.73. The summed E-state index contributed by atoms with van der Waals surface area (Å²) in [4.78, 5) is 9.80. The number of alkyl halides is 1. The first kappa shape index (κ1) is 11.9. The van der Waals surface area contributed by atoms with Gasteiger partial charge in [0.25, 0.3) is 0 Å². The molecule has 9 heavy (non-hydrogen) atoms. The highest BCUT2D eigenvalue weighted by molar-refractivity contribution is 9.09. The fourth-order valence-corrected chi connectivity index (χ4v) is 0.550. The second-order valence-electron chi connectivity index (χ2n) is 1.43. The van der Waals surface area contributed by atoms with Crippen LogP contribution in [-0.2, 0) is 4.79 Å². The number of nitrogens with two attached hydrogens (primary N) is 1. The summed E-state index contributed by atoms with van der Waals surface area (Å²) in [6, 6.07) is 0. The van der Waals surface area contributed by atoms with Gasteiger partial charge in [0.2, 0.25) is 0 Å². The number of hydrogen-bond acceptors (Lipinski definition) is 2. The molecule has 1 unspecified atom stereocenters. The van der Waals surface area contributed by atoms with Crippen molar-refractivity contribution in [3.63, 3.8) is 0 Å². The summed E-state index contributed by atoms with van der Waals surface area (Å²) in [6.07, 6.45) is 0.0938. The fourth-order valence-electron chi connectivity index (χ4n) is 0.273. The highest BCUT2D eigenvalue weighted by Crippen LogP contribution is 2.00. The smallest absolute Gasteiger partial charge is 0.304 e. The molecule has 1 atom stereocenters. The number of halogens is 2. The van der Waals surface area contributed by atoms with E-state index < -0.39 is 5.97 Å². The van der Waals surface area contributed by atoms with Gasteiger partial charge in [-0.15, -0.1) is 12.4 Å². The third-order valence-electron chi connectivity index (χ3n) is 0.652. The maximum absolute atomic E-state index is 9.88. The minimum atomic E-state index is -0.822. The Kier molecular flexibility index (Phi) is 8.38. The van der Waals surface area contributed by atoms with Gasteiger partial charge in [-0.3, -0.25) is 4.79 Å². The third-order valence-corrected chi connectivity index (χ3v) is 1.35. The Hall–Kier alpha value is 0.200. The molecule has 0 aromatic carbocycles. The van der Waals surface area contributed by atoms with Crippen LogP contribution in [0.4, 0.5) is 0 Å². The lowest BCUT2D eigenvalue weighted by molar-refractivity contribution is -0.136. The molecule has 0 bridgehead atoms. The molecular weight excluding hydrogens is 209 g/mol. The molecule has 0 aromatic rings. The van der Waals surface area contributed by atoms with Crippen molar-refractivity contribution in [1.82, 2.24) is 0 Å². The Labute approximate surface area is 68.2 Å². The van der Waals surface area contributed by atoms with Crippen molar-refractivity contribution < 1.29 is 9.90 Å². The molecule has 0 amide bonds. The monoisotopic (exact) mass is 217 g/mol. The van der Waals surface area contributed by atoms with Gasteiger partial charge in [-0.25, -0.2) is 0 Å². The van der Waals surface area contributed by atoms with Gasteiger partial charge in [-0.1, -0.05) is 15.9 Å². The first-order valence-electron chi connectivity index (χ1n) is 2.22. The summed E-state index contributed by atoms with van der Waals surface area (Å²) in [5, 5.41) is 8.13. The largest absolute Gasteiger partial charge is 0.481 e. The molecule has 0 spiro atoms. The van der Waals surface area contributed by atoms with E-state index in [4.69, 9.17) is 10.8 Å². The molecule has 0 aromatic heterocycles. The van der Waals surface area contributed by atoms with E-state index in [1.807, 2.05) is 0 Å². The van der Waals surface area contributed by atoms with Crippen LogP contribution in [0.2, 0.25) is 0 Å². The van der Waals surface area contributed by atoms with Gasteiger partial charge in [0.05, 0.1) is 6.42 Å². The van der Waals surface area contributed by atoms with Crippen LogP contribution in [0.25, 0.3) is 0 Å². The van der Waals surface area contributed by atoms with Crippen LogP contribution in [0.5, 0.6) is 0 Å². The highest BCUT2D eigenvalue weighted by atomic mass is 79.9. The average Bonchev–Trinajstić information content (AvgIpc) is 1.65. The molecule has 0 aliphatic rings. The minimum absolute atomic E-state index is 0. The van der Waals surface area contributed by atoms with Crippen molar-refractivity contribution in [3.8, 4) is 0 Å². The van der Waals surface area contributed by atoms with E-state index in [0.717, 1.165) is 0 Å². The minimum Gasteiger partial charge on any atom is -0.481 e. The fraction of sp³-hybridized carbons (Fsp3) is 0.750. The van der Waals surface area contributed by atoms with Crippen molar-refractivity contribution in [2.24, 2.45) is 5.73 Å². The van der Waals surface area contributed by atoms with Crippen LogP contribution >= 0.6 is 28.3 Å². The molecule has 0 aliphatic heterocycles. The van der Waals surface area contributed by atoms with Crippen LogP contribution in [0.3, 0.4) is 0 Å². The molecule has 0 radical (unpaired) electrons. The summed E-state index contributed by atoms with van der Waals surface area (Å²) in [7, 11) is 0. The average molecular weight is 218 g/mol. The van der Waals surface area contributed by atoms with Crippen LogP contribution < -0.4 is 5.73 Å². The van der Waals surface area contributed by atoms with Crippen molar-refractivity contribution in [3.05, 3.63) is 0 Å². The quantitative estimate of drug-likeness (QED) is 0.682. The summed E-state index contributed by atoms with van der Waals surface area (Å²) in [5.74, 6) is -0.822. The highest BCUT2D eigenvalue weighted by Gasteiger charge is 2.05. The van der Waals surface area contributed by atoms with E-state index in [2.05, 4.69) is 15.9 Å². The Morgan fingerprint density at radius 1 is 1.78 bits per heavy atom. The summed E-state index contributed by atoms with van der Waals surface area (Å²) < 4.78 is 0. The normalized spacial score (nSPS) is 11.8. The lowest BCUT2D eigenvalue weighted by Gasteiger charge is -1.98. The Bertz CT molecular complexity index is 90.6. The van der Waals surface area contributed by atoms with Crippen molar-refractivity contribution in [2.75, 3.05) is 6.54 Å². The van der Waals surface area contributed by atoms with Crippen molar-refractivity contribution in [1.29, 1.82) is 0 Å². The van der Waals surface area contributed by atoms with Gasteiger partial charge in [-0.05, 0) is 0 Å². The molecule has 0 saturated heterocycles. The van der Waals surface area contributed by atoms with Gasteiger partial charge in [0.15, 0.2) is 0 Å². The number of carbonyl (C=O) groups is 1. The number of rotatable bonds is 3. The molecule has 0 fully saturated rings. The van der Waals surface area contributed by atoms with Crippen LogP contribution in [0.1, 0.15) is 6.42 Å². The Morgan fingerprint density at radius 2 is 2.22 bits per heavy atom. The number of hydrogen-bond donors (Lipinski definition) is 2. The van der Waals surface area contributed by atoms with Gasteiger partial charge >= 0.3 is 5.97 Å². The predicted octanol–water partition coefficient (Wildman–Crippen LogP) is 0.605. The lowest BCUT2D eigenvalue weighted by Crippen LogP contribution is -2.16. The zero-order valence-electron chi connectivity index (χ0n) is 4.71. The predicted molar refractivity (Wildman–Crippen MR) is 41.3 cm³/mol. The lowest BCUT2D eigenvalue weighted by atomic mass is 10.3. The van der Waals surface area contributed by atoms with Gasteiger partial charge in [0, 0.05) is 11.4 Å². The Morgan fingerprint density at radius 3 is 2.33 bits per heavy atom. The topological polar surface area (TPSA) is 63.3 Å². The van der Waals surface area contributed by atoms with E-state index in [1.165, 1.54) is 0 Å². The summed E-state index contributed by atoms with van der Waals surface area (Å²) in [6.45, 7) is 0.367. The van der Waals surface area contributed by atoms with E-state index in [1.54, 1.807) is 0 Å². The number of aliphatic carboxylic acids is 1. The zero-order chi connectivity index (χ0) is 6.57. The van der Waals surface area contributed by atoms with E-state index in [-0.39, 0.29) is 23.7 Å². The standard InChI is InChI=1S/C4H8BrNO2.ClH/c5-3(2-6)1-4(7)8;/h3H,1-2,6H2,(H,7,8);1H. The van der Waals surface area contributed by atoms with Crippen molar-refractivity contribution in [2.45, 2.75) is 11.2 Å². The van der Waals surface area contributed by atoms with E-state index in [9.17, 15) is 4.79 Å². The summed E-state index contributed by atoms with van der Waals surface area (Å²) >= 11 is 3.07. The van der Waals surface area contributed by atoms with Crippen LogP contribution in [0, 0.1) is 0 Å². The van der Waals surface area contributed by atoms with Crippen LogP contribution in [-0.4, -0.2) is 22.4 Å². The third kappa shape index (κ3) is 8.20. The molecule has 3 N–H and O–H groups in total. The molecule has 56 valence electrons. The number of carboxylic acid groups (broad SMARTS) is 1. The van der Waals surface area contributed by atoms with Gasteiger partial charge in [0.1, 0.15) is 0 Å². The SMILES string of the molecule is Cl.NCC(Br)CC(=O)O. The molecule has 0 heterocycles.